The number of halogens is 3. The number of nitrogens with zero attached hydrogens (tertiary/aromatic N) is 2. The third-order valence-electron chi connectivity index (χ3n) is 3.20. The lowest BCUT2D eigenvalue weighted by molar-refractivity contribution is 0.0951. The van der Waals surface area contributed by atoms with E-state index in [9.17, 15) is 18.0 Å². The molecule has 128 valence electrons. The molecule has 1 heterocycles. The summed E-state index contributed by atoms with van der Waals surface area (Å²) in [7, 11) is 0. The first-order valence-electron chi connectivity index (χ1n) is 7.39. The van der Waals surface area contributed by atoms with Gasteiger partial charge in [0.2, 0.25) is 5.95 Å². The van der Waals surface area contributed by atoms with Gasteiger partial charge < -0.3 is 10.6 Å². The van der Waals surface area contributed by atoms with Crippen LogP contribution in [0.25, 0.3) is 0 Å². The molecule has 0 bridgehead atoms. The number of rotatable bonds is 6. The van der Waals surface area contributed by atoms with Crippen molar-refractivity contribution in [3.05, 3.63) is 47.5 Å². The van der Waals surface area contributed by atoms with E-state index in [0.717, 1.165) is 18.6 Å². The number of hydrogen-bond donors (Lipinski definition) is 2. The summed E-state index contributed by atoms with van der Waals surface area (Å²) >= 11 is 0. The molecule has 2 rings (SSSR count). The zero-order chi connectivity index (χ0) is 17.7. The Kier molecular flexibility index (Phi) is 5.73. The van der Waals surface area contributed by atoms with Crippen LogP contribution in [0.2, 0.25) is 0 Å². The van der Waals surface area contributed by atoms with E-state index in [1.165, 1.54) is 12.4 Å². The number of anilines is 2. The maximum Gasteiger partial charge on any atom is 0.254 e. The van der Waals surface area contributed by atoms with Gasteiger partial charge >= 0.3 is 0 Å². The second kappa shape index (κ2) is 7.76. The van der Waals surface area contributed by atoms with Crippen LogP contribution in [0.3, 0.4) is 0 Å². The molecule has 0 aliphatic heterocycles. The second-order valence-corrected chi connectivity index (χ2v) is 5.58. The molecule has 1 amide bonds. The van der Waals surface area contributed by atoms with E-state index in [1.807, 2.05) is 13.8 Å². The second-order valence-electron chi connectivity index (χ2n) is 5.58. The molecule has 24 heavy (non-hydrogen) atoms. The van der Waals surface area contributed by atoms with Gasteiger partial charge in [-0.2, -0.15) is 0 Å². The lowest BCUT2D eigenvalue weighted by Gasteiger charge is -2.08. The SMILES string of the molecule is CC(C)CCNC(=O)c1cnc(Nc2ccc(F)c(F)c2F)nc1. The molecule has 0 saturated carbocycles. The van der Waals surface area contributed by atoms with E-state index >= 15 is 0 Å². The Labute approximate surface area is 137 Å². The minimum Gasteiger partial charge on any atom is -0.352 e. The Hall–Kier alpha value is -2.64. The molecule has 1 aromatic heterocycles. The molecule has 2 aromatic rings. The highest BCUT2D eigenvalue weighted by Gasteiger charge is 2.14. The molecule has 0 aliphatic carbocycles. The predicted octanol–water partition coefficient (Wildman–Crippen LogP) is 3.41. The van der Waals surface area contributed by atoms with Gasteiger partial charge in [0.05, 0.1) is 11.3 Å². The molecule has 0 fully saturated rings. The molecule has 2 N–H and O–H groups in total. The summed E-state index contributed by atoms with van der Waals surface area (Å²) in [6.45, 7) is 4.64. The van der Waals surface area contributed by atoms with Gasteiger partial charge in [-0.3, -0.25) is 4.79 Å². The predicted molar refractivity (Wildman–Crippen MR) is 83.4 cm³/mol. The number of benzene rings is 1. The summed E-state index contributed by atoms with van der Waals surface area (Å²) in [5.41, 5.74) is -0.0573. The van der Waals surface area contributed by atoms with Crippen LogP contribution in [-0.4, -0.2) is 22.4 Å². The largest absolute Gasteiger partial charge is 0.352 e. The van der Waals surface area contributed by atoms with Gasteiger partial charge in [-0.05, 0) is 24.5 Å². The molecule has 0 spiro atoms. The van der Waals surface area contributed by atoms with Crippen molar-refractivity contribution in [3.8, 4) is 0 Å². The van der Waals surface area contributed by atoms with Crippen LogP contribution >= 0.6 is 0 Å². The fraction of sp³-hybridized carbons (Fsp3) is 0.312. The van der Waals surface area contributed by atoms with Crippen molar-refractivity contribution >= 4 is 17.5 Å². The summed E-state index contributed by atoms with van der Waals surface area (Å²) in [5, 5.41) is 5.16. The number of amides is 1. The van der Waals surface area contributed by atoms with Gasteiger partial charge in [-0.25, -0.2) is 23.1 Å². The van der Waals surface area contributed by atoms with Gasteiger partial charge in [0.15, 0.2) is 17.5 Å². The van der Waals surface area contributed by atoms with Crippen molar-refractivity contribution in [1.29, 1.82) is 0 Å². The van der Waals surface area contributed by atoms with Crippen molar-refractivity contribution in [3.63, 3.8) is 0 Å². The van der Waals surface area contributed by atoms with Gasteiger partial charge in [-0.1, -0.05) is 13.8 Å². The number of carbonyl (C=O) groups is 1. The van der Waals surface area contributed by atoms with Crippen LogP contribution < -0.4 is 10.6 Å². The average molecular weight is 338 g/mol. The summed E-state index contributed by atoms with van der Waals surface area (Å²) in [4.78, 5) is 19.6. The third-order valence-corrected chi connectivity index (χ3v) is 3.20. The van der Waals surface area contributed by atoms with Crippen molar-refractivity contribution in [2.45, 2.75) is 20.3 Å². The molecule has 0 unspecified atom stereocenters. The Morgan fingerprint density at radius 1 is 1.12 bits per heavy atom. The van der Waals surface area contributed by atoms with Crippen molar-refractivity contribution in [1.82, 2.24) is 15.3 Å². The van der Waals surface area contributed by atoms with E-state index in [1.54, 1.807) is 0 Å². The lowest BCUT2D eigenvalue weighted by Crippen LogP contribution is -2.25. The highest BCUT2D eigenvalue weighted by Crippen LogP contribution is 2.21. The molecule has 8 heteroatoms. The van der Waals surface area contributed by atoms with Crippen LogP contribution in [-0.2, 0) is 0 Å². The van der Waals surface area contributed by atoms with Crippen LogP contribution in [0.15, 0.2) is 24.5 Å². The maximum absolute atomic E-state index is 13.6. The molecule has 1 aromatic carbocycles. The monoisotopic (exact) mass is 338 g/mol. The first kappa shape index (κ1) is 17.7. The number of hydrogen-bond acceptors (Lipinski definition) is 4. The Morgan fingerprint density at radius 2 is 1.79 bits per heavy atom. The van der Waals surface area contributed by atoms with Crippen LogP contribution in [0.4, 0.5) is 24.8 Å². The van der Waals surface area contributed by atoms with E-state index in [2.05, 4.69) is 20.6 Å². The molecule has 0 aliphatic rings. The fourth-order valence-electron chi connectivity index (χ4n) is 1.83. The molecule has 0 saturated heterocycles. The van der Waals surface area contributed by atoms with Gasteiger partial charge in [0.25, 0.3) is 5.91 Å². The summed E-state index contributed by atoms with van der Waals surface area (Å²) in [6.07, 6.45) is 3.37. The van der Waals surface area contributed by atoms with E-state index in [4.69, 9.17) is 0 Å². The molecule has 0 radical (unpaired) electrons. The quantitative estimate of drug-likeness (QED) is 0.792. The Morgan fingerprint density at radius 3 is 2.42 bits per heavy atom. The van der Waals surface area contributed by atoms with E-state index in [-0.39, 0.29) is 23.1 Å². The normalized spacial score (nSPS) is 10.8. The Bertz CT molecular complexity index is 720. The highest BCUT2D eigenvalue weighted by atomic mass is 19.2. The van der Waals surface area contributed by atoms with Crippen molar-refractivity contribution in [2.24, 2.45) is 5.92 Å². The number of carbonyl (C=O) groups excluding carboxylic acids is 1. The molecule has 0 atom stereocenters. The van der Waals surface area contributed by atoms with Crippen molar-refractivity contribution in [2.75, 3.05) is 11.9 Å². The minimum absolute atomic E-state index is 0.0429. The fourth-order valence-corrected chi connectivity index (χ4v) is 1.83. The number of aromatic nitrogens is 2. The maximum atomic E-state index is 13.6. The lowest BCUT2D eigenvalue weighted by atomic mass is 10.1. The van der Waals surface area contributed by atoms with Crippen LogP contribution in [0.1, 0.15) is 30.6 Å². The standard InChI is InChI=1S/C16H17F3N4O/c1-9(2)5-6-20-15(24)10-7-21-16(22-8-10)23-12-4-3-11(17)13(18)14(12)19/h3-4,7-9H,5-6H2,1-2H3,(H,20,24)(H,21,22,23). The average Bonchev–Trinajstić information content (AvgIpc) is 2.55. The third kappa shape index (κ3) is 4.43. The van der Waals surface area contributed by atoms with Gasteiger partial charge in [-0.15, -0.1) is 0 Å². The topological polar surface area (TPSA) is 66.9 Å². The van der Waals surface area contributed by atoms with Gasteiger partial charge in [0.1, 0.15) is 0 Å². The van der Waals surface area contributed by atoms with Gasteiger partial charge in [0, 0.05) is 18.9 Å². The van der Waals surface area contributed by atoms with E-state index in [0.29, 0.717) is 12.5 Å². The van der Waals surface area contributed by atoms with Crippen LogP contribution in [0, 0.1) is 23.4 Å². The summed E-state index contributed by atoms with van der Waals surface area (Å²) < 4.78 is 39.6. The molecular formula is C16H17F3N4O. The molecular weight excluding hydrogens is 321 g/mol. The smallest absolute Gasteiger partial charge is 0.254 e. The van der Waals surface area contributed by atoms with Crippen molar-refractivity contribution < 1.29 is 18.0 Å². The number of nitrogens with one attached hydrogen (secondary N) is 2. The van der Waals surface area contributed by atoms with Crippen LogP contribution in [0.5, 0.6) is 0 Å². The first-order valence-corrected chi connectivity index (χ1v) is 7.39. The molecule has 5 nitrogen and oxygen atoms in total. The first-order chi connectivity index (χ1) is 11.4. The summed E-state index contributed by atoms with van der Waals surface area (Å²) in [6, 6.07) is 1.82. The summed E-state index contributed by atoms with van der Waals surface area (Å²) in [5.74, 6) is -4.12. The van der Waals surface area contributed by atoms with E-state index < -0.39 is 17.5 Å². The zero-order valence-electron chi connectivity index (χ0n) is 13.2. The zero-order valence-corrected chi connectivity index (χ0v) is 13.2. The highest BCUT2D eigenvalue weighted by molar-refractivity contribution is 5.93. The minimum atomic E-state index is -1.58. The Balaban J connectivity index is 2.02.